The molecular weight excluding hydrogens is 248 g/mol. The lowest BCUT2D eigenvalue weighted by Crippen LogP contribution is -1.97. The Balaban J connectivity index is 2.00. The Kier molecular flexibility index (Phi) is 2.33. The van der Waals surface area contributed by atoms with E-state index in [-0.39, 0.29) is 0 Å². The first-order valence-electron chi connectivity index (χ1n) is 6.69. The second-order valence-electron chi connectivity index (χ2n) is 5.09. The zero-order valence-electron chi connectivity index (χ0n) is 10.8. The summed E-state index contributed by atoms with van der Waals surface area (Å²) in [5, 5.41) is 9.02. The van der Waals surface area contributed by atoms with Gasteiger partial charge in [0.1, 0.15) is 5.82 Å². The molecule has 4 rings (SSSR count). The first-order chi connectivity index (χ1) is 9.86. The summed E-state index contributed by atoms with van der Waals surface area (Å²) in [7, 11) is 0. The lowest BCUT2D eigenvalue weighted by molar-refractivity contribution is 0.775. The van der Waals surface area contributed by atoms with E-state index in [0.29, 0.717) is 11.6 Å². The molecule has 1 aliphatic rings. The summed E-state index contributed by atoms with van der Waals surface area (Å²) in [4.78, 5) is 8.80. The fourth-order valence-electron chi connectivity index (χ4n) is 2.58. The molecule has 4 nitrogen and oxygen atoms in total. The van der Waals surface area contributed by atoms with Crippen LogP contribution < -0.4 is 0 Å². The van der Waals surface area contributed by atoms with Crippen molar-refractivity contribution < 1.29 is 0 Å². The van der Waals surface area contributed by atoms with Crippen molar-refractivity contribution in [3.8, 4) is 17.5 Å². The Labute approximate surface area is 116 Å². The van der Waals surface area contributed by atoms with Crippen LogP contribution in [0, 0.1) is 11.3 Å². The first-order valence-corrected chi connectivity index (χ1v) is 6.69. The highest BCUT2D eigenvalue weighted by Gasteiger charge is 2.28. The maximum absolute atomic E-state index is 9.02. The molecule has 0 aliphatic heterocycles. The van der Waals surface area contributed by atoms with Gasteiger partial charge in [-0.15, -0.1) is 0 Å². The molecule has 1 fully saturated rings. The van der Waals surface area contributed by atoms with Crippen LogP contribution in [0.2, 0.25) is 0 Å². The van der Waals surface area contributed by atoms with Crippen molar-refractivity contribution in [1.29, 1.82) is 5.26 Å². The van der Waals surface area contributed by atoms with Gasteiger partial charge >= 0.3 is 0 Å². The van der Waals surface area contributed by atoms with Crippen molar-refractivity contribution in [2.45, 2.75) is 18.9 Å². The molecule has 0 radical (unpaired) electrons. The Morgan fingerprint density at radius 1 is 1.15 bits per heavy atom. The van der Waals surface area contributed by atoms with Crippen LogP contribution in [-0.4, -0.2) is 14.5 Å². The van der Waals surface area contributed by atoms with E-state index in [2.05, 4.69) is 15.6 Å². The number of hydrogen-bond acceptors (Lipinski definition) is 3. The standard InChI is InChI=1S/C16H12N4/c17-10-11-1-4-15-14(9-11)19-16(20(15)13-2-3-13)12-5-7-18-8-6-12/h1,4-9,13H,2-3H2. The lowest BCUT2D eigenvalue weighted by Gasteiger charge is -2.07. The van der Waals surface area contributed by atoms with Gasteiger partial charge in [-0.1, -0.05) is 0 Å². The van der Waals surface area contributed by atoms with Gasteiger partial charge < -0.3 is 4.57 Å². The molecule has 1 saturated carbocycles. The zero-order chi connectivity index (χ0) is 13.5. The van der Waals surface area contributed by atoms with Gasteiger partial charge in [0, 0.05) is 24.0 Å². The summed E-state index contributed by atoms with van der Waals surface area (Å²) in [5.74, 6) is 0.972. The smallest absolute Gasteiger partial charge is 0.141 e. The summed E-state index contributed by atoms with van der Waals surface area (Å²) in [6.45, 7) is 0. The third kappa shape index (κ3) is 1.68. The van der Waals surface area contributed by atoms with E-state index < -0.39 is 0 Å². The van der Waals surface area contributed by atoms with Crippen LogP contribution >= 0.6 is 0 Å². The molecule has 0 unspecified atom stereocenters. The van der Waals surface area contributed by atoms with E-state index in [9.17, 15) is 0 Å². The second-order valence-corrected chi connectivity index (χ2v) is 5.09. The lowest BCUT2D eigenvalue weighted by atomic mass is 10.2. The van der Waals surface area contributed by atoms with Crippen LogP contribution in [0.5, 0.6) is 0 Å². The van der Waals surface area contributed by atoms with Gasteiger partial charge in [0.25, 0.3) is 0 Å². The highest BCUT2D eigenvalue weighted by atomic mass is 15.1. The molecule has 2 aromatic heterocycles. The molecule has 0 N–H and O–H groups in total. The maximum atomic E-state index is 9.02. The Hall–Kier alpha value is -2.67. The molecule has 1 aliphatic carbocycles. The topological polar surface area (TPSA) is 54.5 Å². The van der Waals surface area contributed by atoms with Crippen molar-refractivity contribution in [2.75, 3.05) is 0 Å². The van der Waals surface area contributed by atoms with Crippen LogP contribution in [0.1, 0.15) is 24.4 Å². The Bertz CT molecular complexity index is 823. The monoisotopic (exact) mass is 260 g/mol. The van der Waals surface area contributed by atoms with Crippen molar-refractivity contribution in [2.24, 2.45) is 0 Å². The third-order valence-corrected chi connectivity index (χ3v) is 3.67. The second kappa shape index (κ2) is 4.17. The van der Waals surface area contributed by atoms with Gasteiger partial charge in [-0.3, -0.25) is 4.98 Å². The van der Waals surface area contributed by atoms with Crippen LogP contribution in [0.15, 0.2) is 42.7 Å². The normalized spacial score (nSPS) is 14.3. The molecule has 0 saturated heterocycles. The van der Waals surface area contributed by atoms with Crippen molar-refractivity contribution in [3.05, 3.63) is 48.3 Å². The molecule has 2 heterocycles. The Morgan fingerprint density at radius 3 is 2.65 bits per heavy atom. The van der Waals surface area contributed by atoms with E-state index in [4.69, 9.17) is 10.2 Å². The largest absolute Gasteiger partial charge is 0.321 e. The van der Waals surface area contributed by atoms with Crippen molar-refractivity contribution >= 4 is 11.0 Å². The van der Waals surface area contributed by atoms with Crippen LogP contribution in [0.25, 0.3) is 22.4 Å². The number of nitrogens with zero attached hydrogens (tertiary/aromatic N) is 4. The van der Waals surface area contributed by atoms with Crippen molar-refractivity contribution in [3.63, 3.8) is 0 Å². The van der Waals surface area contributed by atoms with Crippen LogP contribution in [0.4, 0.5) is 0 Å². The van der Waals surface area contributed by atoms with Crippen LogP contribution in [-0.2, 0) is 0 Å². The quantitative estimate of drug-likeness (QED) is 0.710. The predicted molar refractivity (Wildman–Crippen MR) is 76.0 cm³/mol. The van der Waals surface area contributed by atoms with E-state index in [0.717, 1.165) is 22.4 Å². The summed E-state index contributed by atoms with van der Waals surface area (Å²) < 4.78 is 2.30. The van der Waals surface area contributed by atoms with Crippen LogP contribution in [0.3, 0.4) is 0 Å². The molecular formula is C16H12N4. The maximum Gasteiger partial charge on any atom is 0.141 e. The summed E-state index contributed by atoms with van der Waals surface area (Å²) >= 11 is 0. The van der Waals surface area contributed by atoms with Gasteiger partial charge in [0.05, 0.1) is 22.7 Å². The minimum absolute atomic E-state index is 0.538. The molecule has 1 aromatic carbocycles. The first kappa shape index (κ1) is 11.2. The van der Waals surface area contributed by atoms with E-state index >= 15 is 0 Å². The summed E-state index contributed by atoms with van der Waals surface area (Å²) in [6.07, 6.45) is 5.96. The fraction of sp³-hybridized carbons (Fsp3) is 0.188. The minimum Gasteiger partial charge on any atom is -0.321 e. The van der Waals surface area contributed by atoms with Gasteiger partial charge in [-0.25, -0.2) is 4.98 Å². The number of hydrogen-bond donors (Lipinski definition) is 0. The van der Waals surface area contributed by atoms with E-state index in [1.807, 2.05) is 30.3 Å². The highest BCUT2D eigenvalue weighted by Crippen LogP contribution is 2.41. The summed E-state index contributed by atoms with van der Waals surface area (Å²) in [6, 6.07) is 12.4. The molecule has 0 atom stereocenters. The number of fused-ring (bicyclic) bond motifs is 1. The van der Waals surface area contributed by atoms with E-state index in [1.165, 1.54) is 12.8 Å². The zero-order valence-corrected chi connectivity index (χ0v) is 10.8. The van der Waals surface area contributed by atoms with Gasteiger partial charge in [-0.05, 0) is 43.2 Å². The molecule has 0 amide bonds. The number of aromatic nitrogens is 3. The highest BCUT2D eigenvalue weighted by molar-refractivity contribution is 5.82. The number of imidazole rings is 1. The predicted octanol–water partition coefficient (Wildman–Crippen LogP) is 3.30. The van der Waals surface area contributed by atoms with E-state index in [1.54, 1.807) is 12.4 Å². The molecule has 20 heavy (non-hydrogen) atoms. The average Bonchev–Trinajstić information content (AvgIpc) is 3.27. The minimum atomic E-state index is 0.538. The Morgan fingerprint density at radius 2 is 1.95 bits per heavy atom. The third-order valence-electron chi connectivity index (χ3n) is 3.67. The number of pyridine rings is 1. The van der Waals surface area contributed by atoms with Gasteiger partial charge in [0.15, 0.2) is 0 Å². The fourth-order valence-corrected chi connectivity index (χ4v) is 2.58. The number of benzene rings is 1. The van der Waals surface area contributed by atoms with Gasteiger partial charge in [-0.2, -0.15) is 5.26 Å². The molecule has 3 aromatic rings. The SMILES string of the molecule is N#Cc1ccc2c(c1)nc(-c1ccncc1)n2C1CC1. The van der Waals surface area contributed by atoms with Crippen molar-refractivity contribution in [1.82, 2.24) is 14.5 Å². The van der Waals surface area contributed by atoms with Gasteiger partial charge in [0.2, 0.25) is 0 Å². The number of nitriles is 1. The molecule has 0 spiro atoms. The summed E-state index contributed by atoms with van der Waals surface area (Å²) in [5.41, 5.74) is 3.72. The average molecular weight is 260 g/mol. The molecule has 0 bridgehead atoms. The number of rotatable bonds is 2. The molecule has 96 valence electrons. The molecule has 4 heteroatoms.